The molecule has 0 amide bonds. The molecule has 0 aliphatic heterocycles. The first kappa shape index (κ1) is 5.80. The van der Waals surface area contributed by atoms with E-state index in [1.165, 1.54) is 0 Å². The Morgan fingerprint density at radius 2 is 2.38 bits per heavy atom. The van der Waals surface area contributed by atoms with E-state index in [-0.39, 0.29) is 0 Å². The van der Waals surface area contributed by atoms with E-state index in [1.807, 2.05) is 22.6 Å². The van der Waals surface area contributed by atoms with Crippen LogP contribution in [0.3, 0.4) is 0 Å². The van der Waals surface area contributed by atoms with Crippen molar-refractivity contribution in [3.05, 3.63) is 3.90 Å². The maximum absolute atomic E-state index is 4.89. The maximum Gasteiger partial charge on any atom is 0.315 e. The number of rotatable bonds is 1. The van der Waals surface area contributed by atoms with Crippen molar-refractivity contribution < 1.29 is 4.42 Å². The van der Waals surface area contributed by atoms with Crippen molar-refractivity contribution in [1.82, 2.24) is 10.2 Å². The number of hydrogen-bond acceptors (Lipinski definition) is 4. The molecule has 5 heteroatoms. The molecule has 0 fully saturated rings. The summed E-state index contributed by atoms with van der Waals surface area (Å²) in [6, 6.07) is 0.453. The van der Waals surface area contributed by atoms with Gasteiger partial charge in [0.1, 0.15) is 0 Å². The van der Waals surface area contributed by atoms with Crippen LogP contribution in [0.2, 0.25) is 0 Å². The second-order valence-corrected chi connectivity index (χ2v) is 2.03. The van der Waals surface area contributed by atoms with Crippen LogP contribution in [0.5, 0.6) is 0 Å². The molecule has 1 heterocycles. The highest BCUT2D eigenvalue weighted by Crippen LogP contribution is 2.04. The number of anilines is 1. The highest BCUT2D eigenvalue weighted by atomic mass is 127. The van der Waals surface area contributed by atoms with Gasteiger partial charge in [-0.1, -0.05) is 5.10 Å². The normalized spacial score (nSPS) is 9.25. The summed E-state index contributed by atoms with van der Waals surface area (Å²) in [5.74, 6) is 0. The number of hydrogen-bond donors (Lipinski definition) is 1. The predicted octanol–water partition coefficient (Wildman–Crippen LogP) is 0.716. The van der Waals surface area contributed by atoms with Crippen molar-refractivity contribution in [2.45, 2.75) is 0 Å². The third-order valence-electron chi connectivity index (χ3n) is 0.614. The summed E-state index contributed by atoms with van der Waals surface area (Å²) in [6.07, 6.45) is 0. The van der Waals surface area contributed by atoms with Gasteiger partial charge in [-0.15, -0.1) is 5.10 Å². The second-order valence-electron chi connectivity index (χ2n) is 1.11. The fourth-order valence-electron chi connectivity index (χ4n) is 0.306. The molecule has 0 aliphatic rings. The summed E-state index contributed by atoms with van der Waals surface area (Å²) >= 11 is 1.94. The summed E-state index contributed by atoms with van der Waals surface area (Å²) in [6.45, 7) is 0. The lowest BCUT2D eigenvalue weighted by molar-refractivity contribution is 0.538. The average molecular weight is 225 g/mol. The molecule has 0 aliphatic carbocycles. The second kappa shape index (κ2) is 2.29. The van der Waals surface area contributed by atoms with E-state index in [9.17, 15) is 0 Å². The van der Waals surface area contributed by atoms with Crippen LogP contribution in [-0.2, 0) is 0 Å². The lowest BCUT2D eigenvalue weighted by atomic mass is 11.1. The highest BCUT2D eigenvalue weighted by Gasteiger charge is 1.95. The smallest absolute Gasteiger partial charge is 0.315 e. The Kier molecular flexibility index (Phi) is 1.66. The summed E-state index contributed by atoms with van der Waals surface area (Å²) in [5.41, 5.74) is 0. The minimum Gasteiger partial charge on any atom is -0.398 e. The third kappa shape index (κ3) is 1.09. The van der Waals surface area contributed by atoms with Gasteiger partial charge in [0, 0.05) is 29.6 Å². The molecule has 0 atom stereocenters. The zero-order valence-electron chi connectivity index (χ0n) is 4.18. The monoisotopic (exact) mass is 225 g/mol. The summed E-state index contributed by atoms with van der Waals surface area (Å²) in [7, 11) is 1.73. The molecule has 44 valence electrons. The predicted molar refractivity (Wildman–Crippen MR) is 36.6 cm³/mol. The molecule has 1 aromatic rings. The first-order chi connectivity index (χ1) is 3.83. The van der Waals surface area contributed by atoms with E-state index in [0.29, 0.717) is 9.91 Å². The van der Waals surface area contributed by atoms with Crippen LogP contribution in [-0.4, -0.2) is 17.2 Å². The van der Waals surface area contributed by atoms with Gasteiger partial charge in [-0.05, 0) is 0 Å². The topological polar surface area (TPSA) is 51.0 Å². The van der Waals surface area contributed by atoms with Crippen LogP contribution in [0.15, 0.2) is 4.42 Å². The van der Waals surface area contributed by atoms with Gasteiger partial charge < -0.3 is 9.73 Å². The SMILES string of the molecule is CNc1nnc(I)o1. The van der Waals surface area contributed by atoms with Crippen LogP contribution < -0.4 is 5.32 Å². The summed E-state index contributed by atoms with van der Waals surface area (Å²) < 4.78 is 5.43. The molecular weight excluding hydrogens is 221 g/mol. The fourth-order valence-corrected chi connectivity index (χ4v) is 0.623. The van der Waals surface area contributed by atoms with Gasteiger partial charge in [0.25, 0.3) is 3.90 Å². The Morgan fingerprint density at radius 3 is 2.62 bits per heavy atom. The first-order valence-corrected chi connectivity index (χ1v) is 3.07. The molecule has 0 spiro atoms. The molecule has 0 unspecified atom stereocenters. The van der Waals surface area contributed by atoms with Gasteiger partial charge in [0.15, 0.2) is 0 Å². The van der Waals surface area contributed by atoms with Crippen molar-refractivity contribution in [1.29, 1.82) is 0 Å². The molecular formula is C3H4IN3O. The minimum atomic E-state index is 0.453. The van der Waals surface area contributed by atoms with Gasteiger partial charge >= 0.3 is 6.01 Å². The maximum atomic E-state index is 4.89. The van der Waals surface area contributed by atoms with Crippen LogP contribution in [0, 0.1) is 3.90 Å². The number of nitrogens with zero attached hydrogens (tertiary/aromatic N) is 2. The van der Waals surface area contributed by atoms with E-state index >= 15 is 0 Å². The lowest BCUT2D eigenvalue weighted by Crippen LogP contribution is -1.85. The third-order valence-corrected chi connectivity index (χ3v) is 1.05. The lowest BCUT2D eigenvalue weighted by Gasteiger charge is -1.82. The fraction of sp³-hybridized carbons (Fsp3) is 0.333. The van der Waals surface area contributed by atoms with Crippen LogP contribution >= 0.6 is 22.6 Å². The van der Waals surface area contributed by atoms with Crippen molar-refractivity contribution in [3.8, 4) is 0 Å². The van der Waals surface area contributed by atoms with Crippen LogP contribution in [0.1, 0.15) is 0 Å². The molecule has 0 aromatic carbocycles. The Hall–Kier alpha value is -0.330. The number of nitrogens with one attached hydrogen (secondary N) is 1. The van der Waals surface area contributed by atoms with E-state index in [1.54, 1.807) is 7.05 Å². The van der Waals surface area contributed by atoms with Crippen molar-refractivity contribution >= 4 is 28.6 Å². The Balaban J connectivity index is 2.84. The molecule has 1 rings (SSSR count). The molecule has 4 nitrogen and oxygen atoms in total. The average Bonchev–Trinajstić information content (AvgIpc) is 2.14. The minimum absolute atomic E-state index is 0.453. The molecule has 0 saturated carbocycles. The van der Waals surface area contributed by atoms with Crippen molar-refractivity contribution in [2.24, 2.45) is 0 Å². The largest absolute Gasteiger partial charge is 0.398 e. The van der Waals surface area contributed by atoms with Crippen molar-refractivity contribution in [2.75, 3.05) is 12.4 Å². The standard InChI is InChI=1S/C3H4IN3O/c1-5-3-7-6-2(4)8-3/h1H3,(H,5,7). The van der Waals surface area contributed by atoms with Gasteiger partial charge in [-0.2, -0.15) is 0 Å². The molecule has 0 radical (unpaired) electrons. The van der Waals surface area contributed by atoms with E-state index < -0.39 is 0 Å². The highest BCUT2D eigenvalue weighted by molar-refractivity contribution is 14.1. The number of halogens is 1. The quantitative estimate of drug-likeness (QED) is 0.715. The van der Waals surface area contributed by atoms with Crippen molar-refractivity contribution in [3.63, 3.8) is 0 Å². The molecule has 0 saturated heterocycles. The Morgan fingerprint density at radius 1 is 1.62 bits per heavy atom. The molecule has 1 aromatic heterocycles. The van der Waals surface area contributed by atoms with Gasteiger partial charge in [0.2, 0.25) is 0 Å². The van der Waals surface area contributed by atoms with Gasteiger partial charge in [-0.25, -0.2) is 0 Å². The summed E-state index contributed by atoms with van der Waals surface area (Å²) in [4.78, 5) is 0. The molecule has 8 heavy (non-hydrogen) atoms. The molecule has 1 N–H and O–H groups in total. The van der Waals surface area contributed by atoms with Crippen LogP contribution in [0.25, 0.3) is 0 Å². The Bertz CT molecular complexity index is 175. The first-order valence-electron chi connectivity index (χ1n) is 1.99. The molecule has 0 bridgehead atoms. The number of aromatic nitrogens is 2. The zero-order valence-corrected chi connectivity index (χ0v) is 6.34. The Labute approximate surface area is 59.8 Å². The summed E-state index contributed by atoms with van der Waals surface area (Å²) in [5, 5.41) is 9.90. The van der Waals surface area contributed by atoms with Gasteiger partial charge in [-0.3, -0.25) is 0 Å². The van der Waals surface area contributed by atoms with E-state index in [2.05, 4.69) is 15.5 Å². The van der Waals surface area contributed by atoms with Gasteiger partial charge in [0.05, 0.1) is 0 Å². The van der Waals surface area contributed by atoms with Crippen LogP contribution in [0.4, 0.5) is 6.01 Å². The van der Waals surface area contributed by atoms with E-state index in [0.717, 1.165) is 0 Å². The zero-order chi connectivity index (χ0) is 5.98. The van der Waals surface area contributed by atoms with E-state index in [4.69, 9.17) is 4.42 Å².